The number of carboxylic acids is 1. The second-order valence-electron chi connectivity index (χ2n) is 6.35. The molecule has 0 N–H and O–H groups in total. The van der Waals surface area contributed by atoms with E-state index >= 15 is 0 Å². The molecule has 2 bridgehead atoms. The summed E-state index contributed by atoms with van der Waals surface area (Å²) < 4.78 is 0. The van der Waals surface area contributed by atoms with Gasteiger partial charge in [0, 0.05) is 9.65 Å². The van der Waals surface area contributed by atoms with Gasteiger partial charge in [0.1, 0.15) is 0 Å². The molecule has 2 aliphatic carbocycles. The first kappa shape index (κ1) is 15.3. The van der Waals surface area contributed by atoms with Crippen LogP contribution in [0.15, 0.2) is 24.3 Å². The van der Waals surface area contributed by atoms with Crippen molar-refractivity contribution in [2.45, 2.75) is 16.1 Å². The zero-order valence-electron chi connectivity index (χ0n) is 11.8. The third-order valence-electron chi connectivity index (χ3n) is 5.33. The molecule has 0 unspecified atom stereocenters. The maximum Gasteiger partial charge on any atom is 0.238 e. The molecule has 5 nitrogen and oxygen atoms in total. The highest BCUT2D eigenvalue weighted by Gasteiger charge is 2.66. The number of alkyl halides is 2. The van der Waals surface area contributed by atoms with E-state index in [-0.39, 0.29) is 50.7 Å². The number of hydrogen-bond acceptors (Lipinski definition) is 4. The second kappa shape index (κ2) is 5.14. The van der Waals surface area contributed by atoms with Crippen LogP contribution in [0.2, 0.25) is 0 Å². The monoisotopic (exact) mass is 440 g/mol. The average molecular weight is 442 g/mol. The lowest BCUT2D eigenvalue weighted by molar-refractivity contribution is -0.255. The predicted molar refractivity (Wildman–Crippen MR) is 87.3 cm³/mol. The first-order valence-corrected chi connectivity index (χ1v) is 9.22. The number of rotatable bonds is 2. The summed E-state index contributed by atoms with van der Waals surface area (Å²) in [5.74, 6) is -2.10. The molecular formula is C16H12Br2NO4-. The molecule has 3 aliphatic rings. The highest BCUT2D eigenvalue weighted by atomic mass is 79.9. The molecule has 0 aromatic heterocycles. The Hall–Kier alpha value is -1.21. The van der Waals surface area contributed by atoms with Crippen molar-refractivity contribution in [2.24, 2.45) is 23.7 Å². The summed E-state index contributed by atoms with van der Waals surface area (Å²) >= 11 is 7.27. The number of halogens is 2. The lowest BCUT2D eigenvalue weighted by atomic mass is 9.81. The molecule has 1 aromatic rings. The van der Waals surface area contributed by atoms with Crippen molar-refractivity contribution < 1.29 is 19.5 Å². The fraction of sp³-hybridized carbons (Fsp3) is 0.438. The molecule has 1 heterocycles. The Bertz CT molecular complexity index is 705. The van der Waals surface area contributed by atoms with Gasteiger partial charge in [-0.1, -0.05) is 44.0 Å². The van der Waals surface area contributed by atoms with Crippen molar-refractivity contribution in [3.8, 4) is 0 Å². The van der Waals surface area contributed by atoms with E-state index in [0.717, 1.165) is 11.3 Å². The molecule has 1 aliphatic heterocycles. The highest BCUT2D eigenvalue weighted by molar-refractivity contribution is 9.12. The summed E-state index contributed by atoms with van der Waals surface area (Å²) in [6, 6.07) is 5.81. The van der Waals surface area contributed by atoms with Gasteiger partial charge in [0.05, 0.1) is 23.5 Å². The van der Waals surface area contributed by atoms with Gasteiger partial charge < -0.3 is 9.90 Å². The van der Waals surface area contributed by atoms with Gasteiger partial charge in [-0.3, -0.25) is 14.5 Å². The van der Waals surface area contributed by atoms with E-state index in [1.807, 2.05) is 0 Å². The number of amides is 2. The molecule has 2 saturated carbocycles. The van der Waals surface area contributed by atoms with Crippen molar-refractivity contribution in [3.05, 3.63) is 29.8 Å². The molecule has 7 heteroatoms. The summed E-state index contributed by atoms with van der Waals surface area (Å²) in [4.78, 5) is 38.2. The van der Waals surface area contributed by atoms with E-state index in [0.29, 0.717) is 5.69 Å². The van der Waals surface area contributed by atoms with Crippen LogP contribution in [-0.4, -0.2) is 27.4 Å². The molecule has 4 rings (SSSR count). The topological polar surface area (TPSA) is 77.5 Å². The number of carboxylic acid groups (broad SMARTS) is 1. The van der Waals surface area contributed by atoms with Gasteiger partial charge in [0.15, 0.2) is 0 Å². The van der Waals surface area contributed by atoms with Crippen LogP contribution < -0.4 is 10.0 Å². The minimum absolute atomic E-state index is 0.0418. The summed E-state index contributed by atoms with van der Waals surface area (Å²) in [7, 11) is 0. The van der Waals surface area contributed by atoms with Gasteiger partial charge in [-0.05, 0) is 36.0 Å². The van der Waals surface area contributed by atoms with Crippen molar-refractivity contribution in [2.75, 3.05) is 4.90 Å². The molecular weight excluding hydrogens is 430 g/mol. The van der Waals surface area contributed by atoms with E-state index in [2.05, 4.69) is 31.9 Å². The molecule has 0 spiro atoms. The smallest absolute Gasteiger partial charge is 0.238 e. The SMILES string of the molecule is O=C([O-])c1cccc(N2C(=O)[C@H]3[C@@H]4C[C@@H]([C@@H](Br)[C@H]4Br)[C@@H]3C2=O)c1. The van der Waals surface area contributed by atoms with E-state index < -0.39 is 5.97 Å². The van der Waals surface area contributed by atoms with E-state index in [1.165, 1.54) is 18.2 Å². The minimum Gasteiger partial charge on any atom is -0.545 e. The standard InChI is InChI=1S/C16H13Br2NO4/c17-12-8-5-9(13(12)18)11-10(8)14(20)19(15(11)21)7-3-1-2-6(4-7)16(22)23/h1-4,8-13H,5H2,(H,22,23)/p-1/t8-,9+,10-,11-,12-,13+/m0/s1. The first-order chi connectivity index (χ1) is 10.9. The number of anilines is 1. The number of benzene rings is 1. The lowest BCUT2D eigenvalue weighted by Gasteiger charge is -2.28. The zero-order chi connectivity index (χ0) is 16.5. The Morgan fingerprint density at radius 2 is 1.65 bits per heavy atom. The van der Waals surface area contributed by atoms with Crippen molar-refractivity contribution in [1.82, 2.24) is 0 Å². The summed E-state index contributed by atoms with van der Waals surface area (Å²) in [5, 5.41) is 11.0. The summed E-state index contributed by atoms with van der Waals surface area (Å²) in [5.41, 5.74) is 0.271. The van der Waals surface area contributed by atoms with Crippen molar-refractivity contribution >= 4 is 55.3 Å². The van der Waals surface area contributed by atoms with E-state index in [9.17, 15) is 19.5 Å². The Balaban J connectivity index is 1.73. The Morgan fingerprint density at radius 1 is 1.09 bits per heavy atom. The predicted octanol–water partition coefficient (Wildman–Crippen LogP) is 1.33. The number of carbonyl (C=O) groups excluding carboxylic acids is 3. The van der Waals surface area contributed by atoms with Crippen LogP contribution in [0.3, 0.4) is 0 Å². The molecule has 0 radical (unpaired) electrons. The van der Waals surface area contributed by atoms with E-state index in [4.69, 9.17) is 0 Å². The fourth-order valence-corrected chi connectivity index (χ4v) is 6.25. The average Bonchev–Trinajstić information content (AvgIpc) is 3.12. The molecule has 1 saturated heterocycles. The summed E-state index contributed by atoms with van der Waals surface area (Å²) in [6.07, 6.45) is 0.867. The van der Waals surface area contributed by atoms with Crippen LogP contribution in [0.4, 0.5) is 5.69 Å². The van der Waals surface area contributed by atoms with Gasteiger partial charge in [-0.2, -0.15) is 0 Å². The van der Waals surface area contributed by atoms with Gasteiger partial charge in [0.2, 0.25) is 11.8 Å². The molecule has 120 valence electrons. The fourth-order valence-electron chi connectivity index (χ4n) is 4.38. The second-order valence-corrected chi connectivity index (χ2v) is 8.47. The number of nitrogens with zero attached hydrogens (tertiary/aromatic N) is 1. The minimum atomic E-state index is -1.33. The normalized spacial score (nSPS) is 38.3. The molecule has 2 amide bonds. The number of aromatic carboxylic acids is 1. The van der Waals surface area contributed by atoms with Crippen molar-refractivity contribution in [1.29, 1.82) is 0 Å². The van der Waals surface area contributed by atoms with Gasteiger partial charge in [-0.25, -0.2) is 0 Å². The third kappa shape index (κ3) is 1.99. The van der Waals surface area contributed by atoms with Crippen LogP contribution in [0.1, 0.15) is 16.8 Å². The van der Waals surface area contributed by atoms with Crippen LogP contribution in [-0.2, 0) is 9.59 Å². The third-order valence-corrected chi connectivity index (χ3v) is 8.53. The van der Waals surface area contributed by atoms with Gasteiger partial charge in [-0.15, -0.1) is 0 Å². The van der Waals surface area contributed by atoms with Crippen LogP contribution in [0, 0.1) is 23.7 Å². The van der Waals surface area contributed by atoms with Crippen molar-refractivity contribution in [3.63, 3.8) is 0 Å². The highest BCUT2D eigenvalue weighted by Crippen LogP contribution is 2.60. The number of carbonyl (C=O) groups is 3. The number of hydrogen-bond donors (Lipinski definition) is 0. The maximum atomic E-state index is 12.8. The zero-order valence-corrected chi connectivity index (χ0v) is 15.0. The Morgan fingerprint density at radius 3 is 2.17 bits per heavy atom. The Kier molecular flexibility index (Phi) is 3.43. The summed E-state index contributed by atoms with van der Waals surface area (Å²) in [6.45, 7) is 0. The Labute approximate surface area is 149 Å². The molecule has 6 atom stereocenters. The maximum absolute atomic E-state index is 12.8. The van der Waals surface area contributed by atoms with Gasteiger partial charge in [0.25, 0.3) is 0 Å². The molecule has 3 fully saturated rings. The quantitative estimate of drug-likeness (QED) is 0.512. The number of imide groups is 1. The van der Waals surface area contributed by atoms with Crippen LogP contribution in [0.5, 0.6) is 0 Å². The van der Waals surface area contributed by atoms with E-state index in [1.54, 1.807) is 6.07 Å². The lowest BCUT2D eigenvalue weighted by Crippen LogP contribution is -2.37. The molecule has 23 heavy (non-hydrogen) atoms. The van der Waals surface area contributed by atoms with Crippen LogP contribution in [0.25, 0.3) is 0 Å². The number of fused-ring (bicyclic) bond motifs is 5. The largest absolute Gasteiger partial charge is 0.545 e. The van der Waals surface area contributed by atoms with Gasteiger partial charge >= 0.3 is 0 Å². The van der Waals surface area contributed by atoms with Crippen LogP contribution >= 0.6 is 31.9 Å². The first-order valence-electron chi connectivity index (χ1n) is 7.39. The molecule has 1 aromatic carbocycles.